The summed E-state index contributed by atoms with van der Waals surface area (Å²) in [5.41, 5.74) is 0. The van der Waals surface area contributed by atoms with Gasteiger partial charge in [-0.3, -0.25) is 14.6 Å². The van der Waals surface area contributed by atoms with E-state index >= 15 is 0 Å². The van der Waals surface area contributed by atoms with Crippen LogP contribution in [0.25, 0.3) is 0 Å². The Balaban J connectivity index is 1.70. The topological polar surface area (TPSA) is 62.6 Å². The first-order valence-corrected chi connectivity index (χ1v) is 7.60. The molecule has 0 aliphatic carbocycles. The molecular formula is C14H25N5O. The lowest BCUT2D eigenvalue weighted by Gasteiger charge is -2.35. The third-order valence-corrected chi connectivity index (χ3v) is 4.06. The van der Waals surface area contributed by atoms with Gasteiger partial charge in [0.1, 0.15) is 0 Å². The highest BCUT2D eigenvalue weighted by molar-refractivity contribution is 5.78. The number of carbonyl (C=O) groups excluding carboxylic acids is 1. The lowest BCUT2D eigenvalue weighted by Crippen LogP contribution is -2.51. The Hall–Kier alpha value is -1.16. The number of piperazine rings is 1. The minimum absolute atomic E-state index is 0.256. The highest BCUT2D eigenvalue weighted by atomic mass is 16.2. The number of carbonyl (C=O) groups is 1. The molecule has 112 valence electrons. The van der Waals surface area contributed by atoms with Gasteiger partial charge in [-0.1, -0.05) is 0 Å². The predicted octanol–water partition coefficient (Wildman–Crippen LogP) is -0.660. The highest BCUT2D eigenvalue weighted by Gasteiger charge is 2.22. The van der Waals surface area contributed by atoms with Crippen molar-refractivity contribution in [3.05, 3.63) is 0 Å². The Labute approximate surface area is 121 Å². The molecule has 0 aromatic carbocycles. The Morgan fingerprint density at radius 3 is 2.60 bits per heavy atom. The minimum atomic E-state index is 0.256. The van der Waals surface area contributed by atoms with Crippen LogP contribution in [0.2, 0.25) is 0 Å². The van der Waals surface area contributed by atoms with Crippen LogP contribution in [-0.4, -0.2) is 86.1 Å². The SMILES string of the molecule is N#CCCN1CCN(C(=O)CN2CCCNCC2)CC1. The molecule has 0 radical (unpaired) electrons. The van der Waals surface area contributed by atoms with Gasteiger partial charge in [0.05, 0.1) is 12.6 Å². The summed E-state index contributed by atoms with van der Waals surface area (Å²) in [6.45, 7) is 8.80. The summed E-state index contributed by atoms with van der Waals surface area (Å²) >= 11 is 0. The summed E-state index contributed by atoms with van der Waals surface area (Å²) in [6, 6.07) is 2.17. The molecule has 0 unspecified atom stereocenters. The van der Waals surface area contributed by atoms with Crippen LogP contribution in [0.3, 0.4) is 0 Å². The molecule has 6 nitrogen and oxygen atoms in total. The van der Waals surface area contributed by atoms with Crippen molar-refractivity contribution in [1.82, 2.24) is 20.0 Å². The van der Waals surface area contributed by atoms with Crippen LogP contribution < -0.4 is 5.32 Å². The van der Waals surface area contributed by atoms with Crippen molar-refractivity contribution in [2.75, 3.05) is 65.4 Å². The van der Waals surface area contributed by atoms with Crippen LogP contribution in [0, 0.1) is 11.3 Å². The molecular weight excluding hydrogens is 254 g/mol. The summed E-state index contributed by atoms with van der Waals surface area (Å²) in [5.74, 6) is 0.256. The second-order valence-electron chi connectivity index (χ2n) is 5.51. The molecule has 2 fully saturated rings. The first-order valence-electron chi connectivity index (χ1n) is 7.60. The zero-order valence-electron chi connectivity index (χ0n) is 12.2. The fraction of sp³-hybridized carbons (Fsp3) is 0.857. The van der Waals surface area contributed by atoms with Gasteiger partial charge in [-0.25, -0.2) is 0 Å². The molecule has 2 rings (SSSR count). The van der Waals surface area contributed by atoms with Crippen molar-refractivity contribution < 1.29 is 4.79 Å². The van der Waals surface area contributed by atoms with Gasteiger partial charge < -0.3 is 10.2 Å². The molecule has 2 heterocycles. The van der Waals surface area contributed by atoms with E-state index in [-0.39, 0.29) is 5.91 Å². The molecule has 6 heteroatoms. The summed E-state index contributed by atoms with van der Waals surface area (Å²) in [5, 5.41) is 11.9. The average Bonchev–Trinajstić information content (AvgIpc) is 2.74. The van der Waals surface area contributed by atoms with Gasteiger partial charge in [0.2, 0.25) is 5.91 Å². The van der Waals surface area contributed by atoms with E-state index < -0.39 is 0 Å². The molecule has 0 spiro atoms. The van der Waals surface area contributed by atoms with Crippen molar-refractivity contribution >= 4 is 5.91 Å². The number of rotatable bonds is 4. The third-order valence-electron chi connectivity index (χ3n) is 4.06. The van der Waals surface area contributed by atoms with Crippen molar-refractivity contribution in [3.63, 3.8) is 0 Å². The zero-order chi connectivity index (χ0) is 14.2. The van der Waals surface area contributed by atoms with Crippen LogP contribution in [-0.2, 0) is 4.79 Å². The first kappa shape index (κ1) is 15.2. The van der Waals surface area contributed by atoms with Crippen molar-refractivity contribution in [2.24, 2.45) is 0 Å². The lowest BCUT2D eigenvalue weighted by atomic mass is 10.2. The van der Waals surface area contributed by atoms with Crippen LogP contribution in [0.4, 0.5) is 0 Å². The molecule has 0 saturated carbocycles. The van der Waals surface area contributed by atoms with E-state index in [0.717, 1.165) is 65.3 Å². The summed E-state index contributed by atoms with van der Waals surface area (Å²) < 4.78 is 0. The number of hydrogen-bond donors (Lipinski definition) is 1. The van der Waals surface area contributed by atoms with Crippen LogP contribution >= 0.6 is 0 Å². The molecule has 2 aliphatic heterocycles. The Morgan fingerprint density at radius 2 is 1.85 bits per heavy atom. The van der Waals surface area contributed by atoms with E-state index in [1.807, 2.05) is 4.90 Å². The molecule has 20 heavy (non-hydrogen) atoms. The molecule has 0 bridgehead atoms. The maximum atomic E-state index is 12.3. The van der Waals surface area contributed by atoms with Crippen molar-refractivity contribution in [2.45, 2.75) is 12.8 Å². The van der Waals surface area contributed by atoms with E-state index in [9.17, 15) is 4.79 Å². The highest BCUT2D eigenvalue weighted by Crippen LogP contribution is 2.04. The summed E-state index contributed by atoms with van der Waals surface area (Å²) in [7, 11) is 0. The normalized spacial score (nSPS) is 22.2. The quantitative estimate of drug-likeness (QED) is 0.740. The lowest BCUT2D eigenvalue weighted by molar-refractivity contribution is -0.134. The van der Waals surface area contributed by atoms with Crippen LogP contribution in [0.5, 0.6) is 0 Å². The van der Waals surface area contributed by atoms with Gasteiger partial charge in [0, 0.05) is 52.2 Å². The zero-order valence-corrected chi connectivity index (χ0v) is 12.2. The van der Waals surface area contributed by atoms with E-state index in [1.165, 1.54) is 0 Å². The third kappa shape index (κ3) is 4.75. The monoisotopic (exact) mass is 279 g/mol. The van der Waals surface area contributed by atoms with E-state index in [0.29, 0.717) is 13.0 Å². The number of nitrogens with zero attached hydrogens (tertiary/aromatic N) is 4. The summed E-state index contributed by atoms with van der Waals surface area (Å²) in [4.78, 5) is 18.8. The minimum Gasteiger partial charge on any atom is -0.339 e. The molecule has 1 N–H and O–H groups in total. The average molecular weight is 279 g/mol. The van der Waals surface area contributed by atoms with Gasteiger partial charge in [-0.15, -0.1) is 0 Å². The maximum absolute atomic E-state index is 12.3. The largest absolute Gasteiger partial charge is 0.339 e. The molecule has 2 saturated heterocycles. The standard InChI is InChI=1S/C14H25N5O/c15-3-1-6-17-9-11-19(12-10-17)14(20)13-18-7-2-4-16-5-8-18/h16H,1-2,4-13H2. The fourth-order valence-corrected chi connectivity index (χ4v) is 2.78. The molecule has 0 aromatic rings. The predicted molar refractivity (Wildman–Crippen MR) is 77.2 cm³/mol. The van der Waals surface area contributed by atoms with Gasteiger partial charge in [0.25, 0.3) is 0 Å². The van der Waals surface area contributed by atoms with Crippen molar-refractivity contribution in [3.8, 4) is 6.07 Å². The summed E-state index contributed by atoms with van der Waals surface area (Å²) in [6.07, 6.45) is 1.70. The van der Waals surface area contributed by atoms with Crippen LogP contribution in [0.1, 0.15) is 12.8 Å². The number of amides is 1. The van der Waals surface area contributed by atoms with E-state index in [1.54, 1.807) is 0 Å². The van der Waals surface area contributed by atoms with Gasteiger partial charge in [0.15, 0.2) is 0 Å². The van der Waals surface area contributed by atoms with E-state index in [4.69, 9.17) is 5.26 Å². The van der Waals surface area contributed by atoms with Crippen LogP contribution in [0.15, 0.2) is 0 Å². The smallest absolute Gasteiger partial charge is 0.236 e. The van der Waals surface area contributed by atoms with Gasteiger partial charge in [-0.2, -0.15) is 5.26 Å². The fourth-order valence-electron chi connectivity index (χ4n) is 2.78. The molecule has 1 amide bonds. The van der Waals surface area contributed by atoms with Crippen molar-refractivity contribution in [1.29, 1.82) is 5.26 Å². The Kier molecular flexibility index (Phi) is 6.25. The second kappa shape index (κ2) is 8.20. The number of hydrogen-bond acceptors (Lipinski definition) is 5. The Bertz CT molecular complexity index is 338. The molecule has 0 atom stereocenters. The molecule has 0 aromatic heterocycles. The number of nitriles is 1. The number of nitrogens with one attached hydrogen (secondary N) is 1. The van der Waals surface area contributed by atoms with Gasteiger partial charge in [-0.05, 0) is 19.5 Å². The first-order chi connectivity index (χ1) is 9.79. The van der Waals surface area contributed by atoms with Gasteiger partial charge >= 0.3 is 0 Å². The maximum Gasteiger partial charge on any atom is 0.236 e. The molecule has 2 aliphatic rings. The Morgan fingerprint density at radius 1 is 1.05 bits per heavy atom. The second-order valence-corrected chi connectivity index (χ2v) is 5.51. The van der Waals surface area contributed by atoms with E-state index in [2.05, 4.69) is 21.2 Å².